The summed E-state index contributed by atoms with van der Waals surface area (Å²) in [7, 11) is 1.35. The number of phenolic OH excluding ortho intramolecular Hbond substituents is 1. The maximum absolute atomic E-state index is 14.0. The molecule has 0 amide bonds. The fourth-order valence-corrected chi connectivity index (χ4v) is 6.33. The lowest BCUT2D eigenvalue weighted by molar-refractivity contribution is -0.314. The zero-order valence-corrected chi connectivity index (χ0v) is 26.4. The Morgan fingerprint density at radius 3 is 2.33 bits per heavy atom. The SMILES string of the molecule is COc1cc(OC2OC(CO)C(O)(CCc3ccnc(N)c3)C(O)C2O)c2c(c1)C(=O)c1cc(CCc3ccc(N)nc3)cc(O)c1C2=O. The number of ether oxygens (including phenoxy) is 3. The molecule has 1 fully saturated rings. The van der Waals surface area contributed by atoms with Crippen molar-refractivity contribution in [2.45, 2.75) is 55.9 Å². The average molecular weight is 673 g/mol. The molecule has 1 aliphatic heterocycles. The van der Waals surface area contributed by atoms with Gasteiger partial charge < -0.3 is 51.2 Å². The second-order valence-electron chi connectivity index (χ2n) is 12.1. The summed E-state index contributed by atoms with van der Waals surface area (Å²) in [6.07, 6.45) is -2.71. The molecule has 4 aromatic rings. The number of phenols is 1. The van der Waals surface area contributed by atoms with Gasteiger partial charge in [0.1, 0.15) is 52.8 Å². The van der Waals surface area contributed by atoms with Crippen LogP contribution >= 0.6 is 0 Å². The number of aliphatic hydroxyl groups excluding tert-OH is 3. The van der Waals surface area contributed by atoms with Crippen LogP contribution in [-0.4, -0.2) is 91.0 Å². The Kier molecular flexibility index (Phi) is 9.24. The van der Waals surface area contributed by atoms with E-state index in [1.54, 1.807) is 30.5 Å². The van der Waals surface area contributed by atoms with Gasteiger partial charge in [-0.2, -0.15) is 0 Å². The molecule has 0 radical (unpaired) electrons. The molecule has 2 aliphatic rings. The number of aliphatic hydroxyl groups is 4. The normalized spacial score (nSPS) is 23.1. The second-order valence-corrected chi connectivity index (χ2v) is 12.1. The van der Waals surface area contributed by atoms with Crippen LogP contribution in [0, 0.1) is 0 Å². The van der Waals surface area contributed by atoms with Crippen molar-refractivity contribution in [1.29, 1.82) is 0 Å². The van der Waals surface area contributed by atoms with Gasteiger partial charge in [-0.1, -0.05) is 6.07 Å². The number of pyridine rings is 2. The Hall–Kier alpha value is -5.12. The van der Waals surface area contributed by atoms with Gasteiger partial charge in [0.15, 0.2) is 5.78 Å². The summed E-state index contributed by atoms with van der Waals surface area (Å²) in [5, 5.41) is 54.9. The average Bonchev–Trinajstić information content (AvgIpc) is 3.09. The third kappa shape index (κ3) is 6.39. The zero-order chi connectivity index (χ0) is 35.0. The summed E-state index contributed by atoms with van der Waals surface area (Å²) in [6, 6.07) is 12.4. The predicted octanol–water partition coefficient (Wildman–Crippen LogP) is 1.10. The summed E-state index contributed by atoms with van der Waals surface area (Å²) in [5.74, 6) is -1.18. The maximum Gasteiger partial charge on any atom is 0.229 e. The van der Waals surface area contributed by atoms with Gasteiger partial charge in [-0.15, -0.1) is 0 Å². The van der Waals surface area contributed by atoms with E-state index in [-0.39, 0.29) is 52.4 Å². The second kappa shape index (κ2) is 13.4. The van der Waals surface area contributed by atoms with Crippen LogP contribution in [0.5, 0.6) is 17.2 Å². The van der Waals surface area contributed by atoms with Crippen LogP contribution in [0.4, 0.5) is 11.6 Å². The van der Waals surface area contributed by atoms with Crippen molar-refractivity contribution in [1.82, 2.24) is 9.97 Å². The first kappa shape index (κ1) is 33.8. The van der Waals surface area contributed by atoms with Gasteiger partial charge in [0.2, 0.25) is 12.1 Å². The summed E-state index contributed by atoms with van der Waals surface area (Å²) >= 11 is 0. The molecule has 6 rings (SSSR count). The van der Waals surface area contributed by atoms with Gasteiger partial charge in [-0.05, 0) is 78.8 Å². The van der Waals surface area contributed by atoms with E-state index >= 15 is 0 Å². The van der Waals surface area contributed by atoms with Gasteiger partial charge in [0.25, 0.3) is 0 Å². The number of aromatic hydroxyl groups is 1. The van der Waals surface area contributed by atoms with E-state index in [1.807, 2.05) is 6.07 Å². The molecule has 1 aliphatic carbocycles. The van der Waals surface area contributed by atoms with Crippen molar-refractivity contribution < 1.29 is 49.3 Å². The molecule has 1 saturated heterocycles. The van der Waals surface area contributed by atoms with E-state index in [2.05, 4.69) is 9.97 Å². The highest BCUT2D eigenvalue weighted by Crippen LogP contribution is 2.42. The Balaban J connectivity index is 1.27. The number of carbonyl (C=O) groups excluding carboxylic acids is 2. The number of methoxy groups -OCH3 is 1. The predicted molar refractivity (Wildman–Crippen MR) is 174 cm³/mol. The minimum atomic E-state index is -2.11. The van der Waals surface area contributed by atoms with Crippen LogP contribution in [0.3, 0.4) is 0 Å². The van der Waals surface area contributed by atoms with Crippen LogP contribution < -0.4 is 20.9 Å². The zero-order valence-electron chi connectivity index (χ0n) is 26.4. The van der Waals surface area contributed by atoms with Crippen LogP contribution in [0.1, 0.15) is 55.0 Å². The number of fused-ring (bicyclic) bond motifs is 2. The van der Waals surface area contributed by atoms with Crippen molar-refractivity contribution in [3.05, 3.63) is 99.9 Å². The Morgan fingerprint density at radius 1 is 0.878 bits per heavy atom. The number of nitrogen functional groups attached to an aromatic ring is 2. The summed E-state index contributed by atoms with van der Waals surface area (Å²) < 4.78 is 17.1. The van der Waals surface area contributed by atoms with Crippen molar-refractivity contribution in [2.24, 2.45) is 0 Å². The van der Waals surface area contributed by atoms with E-state index in [1.165, 1.54) is 31.5 Å². The number of rotatable bonds is 10. The van der Waals surface area contributed by atoms with Gasteiger partial charge >= 0.3 is 0 Å². The highest BCUT2D eigenvalue weighted by Gasteiger charge is 2.55. The number of aryl methyl sites for hydroxylation is 3. The summed E-state index contributed by atoms with van der Waals surface area (Å²) in [6.45, 7) is -0.759. The van der Waals surface area contributed by atoms with Gasteiger partial charge in [-0.3, -0.25) is 9.59 Å². The van der Waals surface area contributed by atoms with Crippen LogP contribution in [0.2, 0.25) is 0 Å². The molecule has 256 valence electrons. The third-order valence-corrected chi connectivity index (χ3v) is 9.02. The first-order valence-corrected chi connectivity index (χ1v) is 15.5. The summed E-state index contributed by atoms with van der Waals surface area (Å²) in [5.41, 5.74) is 11.0. The lowest BCUT2D eigenvalue weighted by Gasteiger charge is -2.47. The van der Waals surface area contributed by atoms with E-state index in [4.69, 9.17) is 25.7 Å². The Morgan fingerprint density at radius 2 is 1.63 bits per heavy atom. The number of ketones is 2. The Bertz CT molecular complexity index is 1900. The van der Waals surface area contributed by atoms with Gasteiger partial charge in [-0.25, -0.2) is 9.97 Å². The fourth-order valence-electron chi connectivity index (χ4n) is 6.33. The topological polar surface area (TPSA) is 241 Å². The molecule has 49 heavy (non-hydrogen) atoms. The molecular weight excluding hydrogens is 636 g/mol. The minimum absolute atomic E-state index is 0.00660. The molecule has 14 nitrogen and oxygen atoms in total. The number of hydrogen-bond acceptors (Lipinski definition) is 14. The van der Waals surface area contributed by atoms with E-state index in [0.717, 1.165) is 5.56 Å². The smallest absolute Gasteiger partial charge is 0.229 e. The highest BCUT2D eigenvalue weighted by molar-refractivity contribution is 6.30. The van der Waals surface area contributed by atoms with Crippen molar-refractivity contribution in [3.63, 3.8) is 0 Å². The standard InChI is InChI=1S/C35H36N4O10/c1-47-20-13-22-29(31(43)28-21(30(22)42)10-19(11-23(28)41)3-2-18-4-5-26(36)39-15-18)24(14-20)48-34-32(44)33(45)35(46,25(16-40)49-34)8-6-17-7-9-38-27(37)12-17/h4-5,7,9-15,25,32-34,40-41,44-46H,2-3,6,8,16H2,1H3,(H2,36,39)(H2,37,38). The lowest BCUT2D eigenvalue weighted by Crippen LogP contribution is -2.68. The number of hydrogen-bond donors (Lipinski definition) is 7. The number of aromatic nitrogens is 2. The van der Waals surface area contributed by atoms with E-state index in [0.29, 0.717) is 29.8 Å². The molecule has 5 unspecified atom stereocenters. The minimum Gasteiger partial charge on any atom is -0.507 e. The molecule has 9 N–H and O–H groups in total. The Labute approximate surface area is 280 Å². The summed E-state index contributed by atoms with van der Waals surface area (Å²) in [4.78, 5) is 35.9. The number of nitrogens with zero attached hydrogens (tertiary/aromatic N) is 2. The number of nitrogens with two attached hydrogens (primary N) is 2. The third-order valence-electron chi connectivity index (χ3n) is 9.02. The molecular formula is C35H36N4O10. The number of anilines is 2. The van der Waals surface area contributed by atoms with E-state index in [9.17, 15) is 35.1 Å². The van der Waals surface area contributed by atoms with Crippen molar-refractivity contribution in [2.75, 3.05) is 25.2 Å². The first-order chi connectivity index (χ1) is 23.4. The van der Waals surface area contributed by atoms with Crippen LogP contribution in [-0.2, 0) is 24.0 Å². The largest absolute Gasteiger partial charge is 0.507 e. The molecule has 2 aromatic heterocycles. The van der Waals surface area contributed by atoms with Crippen molar-refractivity contribution >= 4 is 23.2 Å². The molecule has 5 atom stereocenters. The van der Waals surface area contributed by atoms with Gasteiger partial charge in [0, 0.05) is 29.6 Å². The molecule has 3 heterocycles. The quantitative estimate of drug-likeness (QED) is 0.110. The molecule has 0 spiro atoms. The van der Waals surface area contributed by atoms with Crippen LogP contribution in [0.15, 0.2) is 60.9 Å². The number of carbonyl (C=O) groups is 2. The van der Waals surface area contributed by atoms with Gasteiger partial charge in [0.05, 0.1) is 24.8 Å². The van der Waals surface area contributed by atoms with Crippen LogP contribution in [0.25, 0.3) is 0 Å². The number of benzene rings is 2. The van der Waals surface area contributed by atoms with Crippen molar-refractivity contribution in [3.8, 4) is 17.2 Å². The van der Waals surface area contributed by atoms with E-state index < -0.39 is 54.1 Å². The fraction of sp³-hybridized carbons (Fsp3) is 0.314. The lowest BCUT2D eigenvalue weighted by atomic mass is 9.80. The molecule has 14 heteroatoms. The maximum atomic E-state index is 14.0. The molecule has 0 saturated carbocycles. The molecule has 2 aromatic carbocycles. The monoisotopic (exact) mass is 672 g/mol. The highest BCUT2D eigenvalue weighted by atomic mass is 16.7. The molecule has 0 bridgehead atoms. The first-order valence-electron chi connectivity index (χ1n) is 15.5.